The van der Waals surface area contributed by atoms with Crippen LogP contribution in [0.1, 0.15) is 17.4 Å². The Morgan fingerprint density at radius 1 is 0.867 bits per heavy atom. The standard InChI is InChI=1S/C25H22N2O3/c1-3-30-25(28)23-22(18-10-6-4-7-11-18)26-24(19-14-16-21(29-2)17-15-19)27(23)20-12-8-5-9-13-20/h4-17H,3H2,1-2H3. The van der Waals surface area contributed by atoms with Crippen LogP contribution >= 0.6 is 0 Å². The van der Waals surface area contributed by atoms with Gasteiger partial charge in [-0.2, -0.15) is 0 Å². The van der Waals surface area contributed by atoms with Crippen molar-refractivity contribution in [2.24, 2.45) is 0 Å². The van der Waals surface area contributed by atoms with Gasteiger partial charge < -0.3 is 9.47 Å². The summed E-state index contributed by atoms with van der Waals surface area (Å²) in [5, 5.41) is 0. The molecule has 0 aliphatic rings. The number of benzene rings is 3. The van der Waals surface area contributed by atoms with Crippen LogP contribution < -0.4 is 4.74 Å². The van der Waals surface area contributed by atoms with Gasteiger partial charge in [0.05, 0.1) is 13.7 Å². The first kappa shape index (κ1) is 19.5. The van der Waals surface area contributed by atoms with E-state index in [0.29, 0.717) is 17.2 Å². The van der Waals surface area contributed by atoms with Gasteiger partial charge in [0.2, 0.25) is 0 Å². The van der Waals surface area contributed by atoms with Crippen molar-refractivity contribution in [3.8, 4) is 34.1 Å². The van der Waals surface area contributed by atoms with Gasteiger partial charge in [-0.1, -0.05) is 48.5 Å². The monoisotopic (exact) mass is 398 g/mol. The number of hydrogen-bond acceptors (Lipinski definition) is 4. The van der Waals surface area contributed by atoms with E-state index >= 15 is 0 Å². The predicted octanol–water partition coefficient (Wildman–Crippen LogP) is 5.39. The number of imidazole rings is 1. The summed E-state index contributed by atoms with van der Waals surface area (Å²) >= 11 is 0. The molecule has 5 nitrogen and oxygen atoms in total. The minimum absolute atomic E-state index is 0.283. The molecule has 0 atom stereocenters. The van der Waals surface area contributed by atoms with Gasteiger partial charge in [-0.05, 0) is 43.3 Å². The van der Waals surface area contributed by atoms with Crippen molar-refractivity contribution in [3.63, 3.8) is 0 Å². The Hall–Kier alpha value is -3.86. The fourth-order valence-electron chi connectivity index (χ4n) is 3.37. The molecule has 4 aromatic rings. The van der Waals surface area contributed by atoms with Crippen LogP contribution in [0.5, 0.6) is 5.75 Å². The molecule has 4 rings (SSSR count). The van der Waals surface area contributed by atoms with E-state index in [4.69, 9.17) is 14.5 Å². The molecular formula is C25H22N2O3. The number of nitrogens with zero attached hydrogens (tertiary/aromatic N) is 2. The lowest BCUT2D eigenvalue weighted by atomic mass is 10.1. The number of hydrogen-bond donors (Lipinski definition) is 0. The fraction of sp³-hybridized carbons (Fsp3) is 0.120. The average molecular weight is 398 g/mol. The number of aromatic nitrogens is 2. The zero-order chi connectivity index (χ0) is 20.9. The van der Waals surface area contributed by atoms with Crippen LogP contribution in [-0.4, -0.2) is 29.2 Å². The summed E-state index contributed by atoms with van der Waals surface area (Å²) in [6.07, 6.45) is 0. The molecule has 0 saturated heterocycles. The number of methoxy groups -OCH3 is 1. The minimum Gasteiger partial charge on any atom is -0.497 e. The molecule has 0 unspecified atom stereocenters. The highest BCUT2D eigenvalue weighted by Gasteiger charge is 2.26. The number of rotatable bonds is 6. The summed E-state index contributed by atoms with van der Waals surface area (Å²) in [6, 6.07) is 27.0. The number of ether oxygens (including phenoxy) is 2. The van der Waals surface area contributed by atoms with Gasteiger partial charge >= 0.3 is 5.97 Å². The molecule has 0 spiro atoms. The second kappa shape index (κ2) is 8.66. The SMILES string of the molecule is CCOC(=O)c1c(-c2ccccc2)nc(-c2ccc(OC)cc2)n1-c1ccccc1. The van der Waals surface area contributed by atoms with Crippen LogP contribution in [0.25, 0.3) is 28.3 Å². The lowest BCUT2D eigenvalue weighted by molar-refractivity contribution is 0.0518. The van der Waals surface area contributed by atoms with Gasteiger partial charge in [0.15, 0.2) is 5.69 Å². The van der Waals surface area contributed by atoms with E-state index < -0.39 is 5.97 Å². The molecule has 0 saturated carbocycles. The normalized spacial score (nSPS) is 10.6. The van der Waals surface area contributed by atoms with E-state index in [9.17, 15) is 4.79 Å². The van der Waals surface area contributed by atoms with Gasteiger partial charge in [0.1, 0.15) is 17.3 Å². The number of para-hydroxylation sites is 1. The summed E-state index contributed by atoms with van der Waals surface area (Å²) in [5.74, 6) is 1.00. The highest BCUT2D eigenvalue weighted by atomic mass is 16.5. The molecule has 3 aromatic carbocycles. The van der Waals surface area contributed by atoms with Crippen molar-refractivity contribution in [3.05, 3.63) is 90.6 Å². The van der Waals surface area contributed by atoms with Crippen LogP contribution in [0.3, 0.4) is 0 Å². The molecule has 0 aliphatic heterocycles. The van der Waals surface area contributed by atoms with Crippen LogP contribution in [0, 0.1) is 0 Å². The molecule has 0 amide bonds. The first-order valence-electron chi connectivity index (χ1n) is 9.78. The lowest BCUT2D eigenvalue weighted by Gasteiger charge is -2.12. The number of carbonyl (C=O) groups excluding carboxylic acids is 1. The summed E-state index contributed by atoms with van der Waals surface area (Å²) in [7, 11) is 1.63. The topological polar surface area (TPSA) is 53.4 Å². The maximum Gasteiger partial charge on any atom is 0.357 e. The Bertz CT molecular complexity index is 1130. The van der Waals surface area contributed by atoms with Crippen LogP contribution in [0.4, 0.5) is 0 Å². The minimum atomic E-state index is -0.410. The second-order valence-electron chi connectivity index (χ2n) is 6.62. The first-order valence-corrected chi connectivity index (χ1v) is 9.78. The fourth-order valence-corrected chi connectivity index (χ4v) is 3.37. The maximum absolute atomic E-state index is 13.1. The molecule has 0 aliphatic carbocycles. The van der Waals surface area contributed by atoms with Crippen LogP contribution in [0.15, 0.2) is 84.9 Å². The molecule has 1 aromatic heterocycles. The molecule has 30 heavy (non-hydrogen) atoms. The Balaban J connectivity index is 2.02. The van der Waals surface area contributed by atoms with Gasteiger partial charge in [0, 0.05) is 16.8 Å². The van der Waals surface area contributed by atoms with Crippen molar-refractivity contribution >= 4 is 5.97 Å². The number of esters is 1. The summed E-state index contributed by atoms with van der Waals surface area (Å²) < 4.78 is 12.6. The third kappa shape index (κ3) is 3.70. The van der Waals surface area contributed by atoms with Crippen molar-refractivity contribution in [2.75, 3.05) is 13.7 Å². The quantitative estimate of drug-likeness (QED) is 0.409. The van der Waals surface area contributed by atoms with E-state index in [1.807, 2.05) is 89.5 Å². The third-order valence-corrected chi connectivity index (χ3v) is 4.76. The van der Waals surface area contributed by atoms with E-state index in [1.54, 1.807) is 14.0 Å². The predicted molar refractivity (Wildman–Crippen MR) is 117 cm³/mol. The maximum atomic E-state index is 13.1. The molecule has 150 valence electrons. The Kier molecular flexibility index (Phi) is 5.61. The zero-order valence-corrected chi connectivity index (χ0v) is 16.9. The van der Waals surface area contributed by atoms with Crippen molar-refractivity contribution < 1.29 is 14.3 Å². The van der Waals surface area contributed by atoms with E-state index in [2.05, 4.69) is 0 Å². The molecule has 1 heterocycles. The summed E-state index contributed by atoms with van der Waals surface area (Å²) in [4.78, 5) is 18.0. The van der Waals surface area contributed by atoms with Crippen molar-refractivity contribution in [2.45, 2.75) is 6.92 Å². The van der Waals surface area contributed by atoms with E-state index in [0.717, 1.165) is 22.6 Å². The summed E-state index contributed by atoms with van der Waals surface area (Å²) in [5.41, 5.74) is 3.54. The lowest BCUT2D eigenvalue weighted by Crippen LogP contribution is -2.13. The van der Waals surface area contributed by atoms with Gasteiger partial charge in [-0.3, -0.25) is 4.57 Å². The van der Waals surface area contributed by atoms with E-state index in [-0.39, 0.29) is 6.61 Å². The van der Waals surface area contributed by atoms with Crippen molar-refractivity contribution in [1.29, 1.82) is 0 Å². The van der Waals surface area contributed by atoms with Gasteiger partial charge in [0.25, 0.3) is 0 Å². The smallest absolute Gasteiger partial charge is 0.357 e. The Labute approximate surface area is 175 Å². The van der Waals surface area contributed by atoms with Crippen molar-refractivity contribution in [1.82, 2.24) is 9.55 Å². The molecule has 0 bridgehead atoms. The highest BCUT2D eigenvalue weighted by molar-refractivity contribution is 5.97. The van der Waals surface area contributed by atoms with Gasteiger partial charge in [-0.15, -0.1) is 0 Å². The Morgan fingerprint density at radius 3 is 2.10 bits per heavy atom. The molecule has 0 N–H and O–H groups in total. The number of carbonyl (C=O) groups is 1. The third-order valence-electron chi connectivity index (χ3n) is 4.76. The van der Waals surface area contributed by atoms with Gasteiger partial charge in [-0.25, -0.2) is 9.78 Å². The highest BCUT2D eigenvalue weighted by Crippen LogP contribution is 2.33. The molecule has 0 fully saturated rings. The molecular weight excluding hydrogens is 376 g/mol. The van der Waals surface area contributed by atoms with E-state index in [1.165, 1.54) is 0 Å². The summed E-state index contributed by atoms with van der Waals surface area (Å²) in [6.45, 7) is 2.08. The molecule has 0 radical (unpaired) electrons. The Morgan fingerprint density at radius 2 is 1.50 bits per heavy atom. The van der Waals surface area contributed by atoms with Crippen LogP contribution in [0.2, 0.25) is 0 Å². The van der Waals surface area contributed by atoms with Crippen LogP contribution in [-0.2, 0) is 4.74 Å². The second-order valence-corrected chi connectivity index (χ2v) is 6.62. The zero-order valence-electron chi connectivity index (χ0n) is 16.9. The molecule has 5 heteroatoms. The largest absolute Gasteiger partial charge is 0.497 e. The average Bonchev–Trinajstić information content (AvgIpc) is 3.21. The first-order chi connectivity index (χ1) is 14.7.